The third-order valence-electron chi connectivity index (χ3n) is 2.86. The van der Waals surface area contributed by atoms with E-state index in [9.17, 15) is 0 Å². The SMILES string of the molecule is CC1CC(Nc2cccc(Br)c2C#N)C1. The number of nitriles is 1. The number of rotatable bonds is 2. The Labute approximate surface area is 98.4 Å². The Morgan fingerprint density at radius 3 is 2.80 bits per heavy atom. The number of anilines is 1. The fourth-order valence-corrected chi connectivity index (χ4v) is 2.45. The van der Waals surface area contributed by atoms with Crippen LogP contribution in [0.3, 0.4) is 0 Å². The van der Waals surface area contributed by atoms with E-state index in [1.807, 2.05) is 18.2 Å². The number of benzene rings is 1. The molecule has 15 heavy (non-hydrogen) atoms. The van der Waals surface area contributed by atoms with Gasteiger partial charge in [0.05, 0.1) is 11.3 Å². The lowest BCUT2D eigenvalue weighted by Gasteiger charge is -2.34. The zero-order valence-electron chi connectivity index (χ0n) is 8.63. The van der Waals surface area contributed by atoms with Crippen molar-refractivity contribution < 1.29 is 0 Å². The Balaban J connectivity index is 2.15. The minimum absolute atomic E-state index is 0.543. The molecule has 1 N–H and O–H groups in total. The lowest BCUT2D eigenvalue weighted by atomic mass is 9.81. The second-order valence-corrected chi connectivity index (χ2v) is 5.05. The summed E-state index contributed by atoms with van der Waals surface area (Å²) >= 11 is 3.39. The molecule has 0 heterocycles. The first-order valence-corrected chi connectivity index (χ1v) is 5.95. The molecule has 0 unspecified atom stereocenters. The van der Waals surface area contributed by atoms with E-state index in [0.717, 1.165) is 16.1 Å². The van der Waals surface area contributed by atoms with Crippen molar-refractivity contribution in [3.63, 3.8) is 0 Å². The van der Waals surface area contributed by atoms with Gasteiger partial charge in [0.25, 0.3) is 0 Å². The molecule has 1 aromatic carbocycles. The van der Waals surface area contributed by atoms with Crippen LogP contribution in [0.15, 0.2) is 22.7 Å². The Morgan fingerprint density at radius 1 is 1.47 bits per heavy atom. The molecule has 0 atom stereocenters. The standard InChI is InChI=1S/C12H13BrN2/c1-8-5-9(6-8)15-12-4-2-3-11(13)10(12)7-14/h2-4,8-9,15H,5-6H2,1H3. The fraction of sp³-hybridized carbons (Fsp3) is 0.417. The fourth-order valence-electron chi connectivity index (χ4n) is 2.00. The molecule has 0 amide bonds. The number of hydrogen-bond donors (Lipinski definition) is 1. The highest BCUT2D eigenvalue weighted by atomic mass is 79.9. The first-order chi connectivity index (χ1) is 7.20. The monoisotopic (exact) mass is 264 g/mol. The summed E-state index contributed by atoms with van der Waals surface area (Å²) in [6.07, 6.45) is 2.41. The molecule has 1 aliphatic carbocycles. The summed E-state index contributed by atoms with van der Waals surface area (Å²) in [5.41, 5.74) is 1.65. The van der Waals surface area contributed by atoms with Gasteiger partial charge < -0.3 is 5.32 Å². The van der Waals surface area contributed by atoms with E-state index < -0.39 is 0 Å². The van der Waals surface area contributed by atoms with Crippen molar-refractivity contribution in [1.29, 1.82) is 5.26 Å². The quantitative estimate of drug-likeness (QED) is 0.887. The van der Waals surface area contributed by atoms with Gasteiger partial charge in [-0.2, -0.15) is 5.26 Å². The second-order valence-electron chi connectivity index (χ2n) is 4.19. The maximum atomic E-state index is 9.03. The number of nitrogens with one attached hydrogen (secondary N) is 1. The molecule has 1 aromatic rings. The Bertz CT molecular complexity index is 403. The predicted octanol–water partition coefficient (Wildman–Crippen LogP) is 3.53. The van der Waals surface area contributed by atoms with Crippen molar-refractivity contribution in [2.45, 2.75) is 25.8 Å². The van der Waals surface area contributed by atoms with E-state index in [2.05, 4.69) is 34.2 Å². The van der Waals surface area contributed by atoms with Crippen LogP contribution in [0.2, 0.25) is 0 Å². The minimum Gasteiger partial charge on any atom is -0.381 e. The zero-order chi connectivity index (χ0) is 10.8. The topological polar surface area (TPSA) is 35.8 Å². The Hall–Kier alpha value is -1.01. The highest BCUT2D eigenvalue weighted by molar-refractivity contribution is 9.10. The van der Waals surface area contributed by atoms with Gasteiger partial charge in [-0.1, -0.05) is 13.0 Å². The molecular weight excluding hydrogens is 252 g/mol. The van der Waals surface area contributed by atoms with Crippen LogP contribution in [0.25, 0.3) is 0 Å². The van der Waals surface area contributed by atoms with E-state index >= 15 is 0 Å². The van der Waals surface area contributed by atoms with Gasteiger partial charge in [-0.25, -0.2) is 0 Å². The third-order valence-corrected chi connectivity index (χ3v) is 3.52. The number of hydrogen-bond acceptors (Lipinski definition) is 2. The van der Waals surface area contributed by atoms with Gasteiger partial charge in [0.1, 0.15) is 6.07 Å². The van der Waals surface area contributed by atoms with Gasteiger partial charge >= 0.3 is 0 Å². The molecule has 0 bridgehead atoms. The lowest BCUT2D eigenvalue weighted by Crippen LogP contribution is -2.34. The van der Waals surface area contributed by atoms with Crippen LogP contribution in [0, 0.1) is 17.2 Å². The number of nitrogens with zero attached hydrogens (tertiary/aromatic N) is 1. The molecule has 78 valence electrons. The van der Waals surface area contributed by atoms with Crippen LogP contribution < -0.4 is 5.32 Å². The van der Waals surface area contributed by atoms with Crippen LogP contribution in [0.5, 0.6) is 0 Å². The summed E-state index contributed by atoms with van der Waals surface area (Å²) < 4.78 is 0.863. The molecule has 3 heteroatoms. The summed E-state index contributed by atoms with van der Waals surface area (Å²) in [5, 5.41) is 12.5. The normalized spacial score (nSPS) is 24.1. The van der Waals surface area contributed by atoms with E-state index in [1.165, 1.54) is 12.8 Å². The Kier molecular flexibility index (Phi) is 2.97. The van der Waals surface area contributed by atoms with Gasteiger partial charge in [-0.3, -0.25) is 0 Å². The molecule has 2 rings (SSSR count). The average Bonchev–Trinajstić information content (AvgIpc) is 2.16. The van der Waals surface area contributed by atoms with Gasteiger partial charge in [-0.15, -0.1) is 0 Å². The molecule has 0 aromatic heterocycles. The van der Waals surface area contributed by atoms with E-state index in [0.29, 0.717) is 11.6 Å². The van der Waals surface area contributed by atoms with Crippen molar-refractivity contribution in [1.82, 2.24) is 0 Å². The summed E-state index contributed by atoms with van der Waals surface area (Å²) in [6, 6.07) is 8.58. The largest absolute Gasteiger partial charge is 0.381 e. The summed E-state index contributed by atoms with van der Waals surface area (Å²) in [6.45, 7) is 2.25. The van der Waals surface area contributed by atoms with E-state index in [4.69, 9.17) is 5.26 Å². The second kappa shape index (κ2) is 4.24. The van der Waals surface area contributed by atoms with Crippen LogP contribution in [0.1, 0.15) is 25.3 Å². The van der Waals surface area contributed by atoms with Crippen molar-refractivity contribution in [2.24, 2.45) is 5.92 Å². The molecule has 0 aliphatic heterocycles. The first kappa shape index (κ1) is 10.5. The van der Waals surface area contributed by atoms with Crippen molar-refractivity contribution in [3.05, 3.63) is 28.2 Å². The highest BCUT2D eigenvalue weighted by Crippen LogP contribution is 2.32. The van der Waals surface area contributed by atoms with Crippen LogP contribution in [-0.4, -0.2) is 6.04 Å². The molecular formula is C12H13BrN2. The van der Waals surface area contributed by atoms with E-state index in [-0.39, 0.29) is 0 Å². The maximum absolute atomic E-state index is 9.03. The summed E-state index contributed by atoms with van der Waals surface area (Å²) in [7, 11) is 0. The molecule has 0 radical (unpaired) electrons. The van der Waals surface area contributed by atoms with Gasteiger partial charge in [0.15, 0.2) is 0 Å². The summed E-state index contributed by atoms with van der Waals surface area (Å²) in [4.78, 5) is 0. The van der Waals surface area contributed by atoms with Gasteiger partial charge in [-0.05, 0) is 46.8 Å². The van der Waals surface area contributed by atoms with E-state index in [1.54, 1.807) is 0 Å². The van der Waals surface area contributed by atoms with Crippen molar-refractivity contribution >= 4 is 21.6 Å². The smallest absolute Gasteiger partial charge is 0.103 e. The number of halogens is 1. The maximum Gasteiger partial charge on any atom is 0.103 e. The molecule has 2 nitrogen and oxygen atoms in total. The average molecular weight is 265 g/mol. The minimum atomic E-state index is 0.543. The predicted molar refractivity (Wildman–Crippen MR) is 64.7 cm³/mol. The van der Waals surface area contributed by atoms with Crippen molar-refractivity contribution in [2.75, 3.05) is 5.32 Å². The van der Waals surface area contributed by atoms with Crippen molar-refractivity contribution in [3.8, 4) is 6.07 Å². The molecule has 0 spiro atoms. The lowest BCUT2D eigenvalue weighted by molar-refractivity contribution is 0.309. The van der Waals surface area contributed by atoms with Gasteiger partial charge in [0, 0.05) is 10.5 Å². The molecule has 1 fully saturated rings. The molecule has 1 saturated carbocycles. The first-order valence-electron chi connectivity index (χ1n) is 5.16. The Morgan fingerprint density at radius 2 is 2.20 bits per heavy atom. The van der Waals surface area contributed by atoms with Crippen LogP contribution in [0.4, 0.5) is 5.69 Å². The molecule has 1 aliphatic rings. The highest BCUT2D eigenvalue weighted by Gasteiger charge is 2.25. The zero-order valence-corrected chi connectivity index (χ0v) is 10.2. The molecule has 0 saturated heterocycles. The van der Waals surface area contributed by atoms with Crippen LogP contribution >= 0.6 is 15.9 Å². The van der Waals surface area contributed by atoms with Crippen LogP contribution in [-0.2, 0) is 0 Å². The van der Waals surface area contributed by atoms with Gasteiger partial charge in [0.2, 0.25) is 0 Å². The summed E-state index contributed by atoms with van der Waals surface area (Å²) in [5.74, 6) is 0.820. The third kappa shape index (κ3) is 2.15.